The standard InChI is InChI=1S/C11H18N4O/c1-8-9(7-15(2)14-8)6-13-11(16)10-4-3-5-12-10/h7,10,12H,3-6H2,1-2H3,(H,13,16)/t10-/m1/s1. The molecule has 2 heterocycles. The predicted octanol–water partition coefficient (Wildman–Crippen LogP) is 0.0967. The molecule has 0 saturated carbocycles. The van der Waals surface area contributed by atoms with Gasteiger partial charge in [0.15, 0.2) is 0 Å². The van der Waals surface area contributed by atoms with Crippen LogP contribution in [0.15, 0.2) is 6.20 Å². The number of nitrogens with one attached hydrogen (secondary N) is 2. The summed E-state index contributed by atoms with van der Waals surface area (Å²) < 4.78 is 1.77. The number of amides is 1. The highest BCUT2D eigenvalue weighted by Crippen LogP contribution is 2.07. The zero-order valence-electron chi connectivity index (χ0n) is 9.79. The lowest BCUT2D eigenvalue weighted by Gasteiger charge is -2.10. The number of carbonyl (C=O) groups is 1. The van der Waals surface area contributed by atoms with E-state index in [-0.39, 0.29) is 11.9 Å². The molecule has 0 aliphatic carbocycles. The Balaban J connectivity index is 1.87. The summed E-state index contributed by atoms with van der Waals surface area (Å²) >= 11 is 0. The average molecular weight is 222 g/mol. The smallest absolute Gasteiger partial charge is 0.237 e. The van der Waals surface area contributed by atoms with Gasteiger partial charge in [-0.2, -0.15) is 5.10 Å². The summed E-state index contributed by atoms with van der Waals surface area (Å²) in [5, 5.41) is 10.4. The first kappa shape index (κ1) is 11.1. The van der Waals surface area contributed by atoms with Gasteiger partial charge in [0.1, 0.15) is 0 Å². The molecule has 2 N–H and O–H groups in total. The highest BCUT2D eigenvalue weighted by Gasteiger charge is 2.21. The van der Waals surface area contributed by atoms with Crippen molar-refractivity contribution in [3.63, 3.8) is 0 Å². The second-order valence-electron chi connectivity index (χ2n) is 4.28. The molecule has 88 valence electrons. The van der Waals surface area contributed by atoms with Gasteiger partial charge in [0.2, 0.25) is 5.91 Å². The van der Waals surface area contributed by atoms with Crippen molar-refractivity contribution in [2.24, 2.45) is 7.05 Å². The van der Waals surface area contributed by atoms with Crippen molar-refractivity contribution in [2.45, 2.75) is 32.4 Å². The number of nitrogens with zero attached hydrogens (tertiary/aromatic N) is 2. The lowest BCUT2D eigenvalue weighted by Crippen LogP contribution is -2.40. The fourth-order valence-electron chi connectivity index (χ4n) is 2.04. The Morgan fingerprint density at radius 2 is 2.56 bits per heavy atom. The lowest BCUT2D eigenvalue weighted by molar-refractivity contribution is -0.122. The van der Waals surface area contributed by atoms with Crippen molar-refractivity contribution in [1.82, 2.24) is 20.4 Å². The van der Waals surface area contributed by atoms with Gasteiger partial charge in [-0.05, 0) is 26.3 Å². The van der Waals surface area contributed by atoms with Crippen molar-refractivity contribution < 1.29 is 4.79 Å². The van der Waals surface area contributed by atoms with Crippen molar-refractivity contribution in [2.75, 3.05) is 6.54 Å². The van der Waals surface area contributed by atoms with E-state index in [4.69, 9.17) is 0 Å². The van der Waals surface area contributed by atoms with E-state index in [1.54, 1.807) is 4.68 Å². The van der Waals surface area contributed by atoms with Crippen molar-refractivity contribution >= 4 is 5.91 Å². The van der Waals surface area contributed by atoms with E-state index < -0.39 is 0 Å². The molecular weight excluding hydrogens is 204 g/mol. The molecular formula is C11H18N4O. The molecule has 1 aromatic rings. The third-order valence-corrected chi connectivity index (χ3v) is 2.94. The van der Waals surface area contributed by atoms with Crippen LogP contribution in [0.1, 0.15) is 24.1 Å². The Bertz CT molecular complexity index is 379. The third kappa shape index (κ3) is 2.41. The molecule has 0 spiro atoms. The summed E-state index contributed by atoms with van der Waals surface area (Å²) in [7, 11) is 1.89. The summed E-state index contributed by atoms with van der Waals surface area (Å²) in [5.41, 5.74) is 2.05. The highest BCUT2D eigenvalue weighted by molar-refractivity contribution is 5.81. The first-order valence-corrected chi connectivity index (χ1v) is 5.67. The summed E-state index contributed by atoms with van der Waals surface area (Å²) in [6, 6.07) is -0.00280. The number of aryl methyl sites for hydroxylation is 2. The Morgan fingerprint density at radius 1 is 1.75 bits per heavy atom. The van der Waals surface area contributed by atoms with Gasteiger partial charge in [-0.3, -0.25) is 9.48 Å². The van der Waals surface area contributed by atoms with Gasteiger partial charge in [0.05, 0.1) is 11.7 Å². The second kappa shape index (κ2) is 4.65. The Hall–Kier alpha value is -1.36. The van der Waals surface area contributed by atoms with E-state index in [9.17, 15) is 4.79 Å². The predicted molar refractivity (Wildman–Crippen MR) is 60.8 cm³/mol. The molecule has 1 aliphatic heterocycles. The molecule has 1 amide bonds. The number of aromatic nitrogens is 2. The van der Waals surface area contributed by atoms with Gasteiger partial charge < -0.3 is 10.6 Å². The molecule has 2 rings (SSSR count). The largest absolute Gasteiger partial charge is 0.351 e. The first-order valence-electron chi connectivity index (χ1n) is 5.67. The van der Waals surface area contributed by atoms with E-state index >= 15 is 0 Å². The van der Waals surface area contributed by atoms with Gasteiger partial charge in [0.25, 0.3) is 0 Å². The molecule has 1 saturated heterocycles. The topological polar surface area (TPSA) is 59.0 Å². The number of carbonyl (C=O) groups excluding carboxylic acids is 1. The van der Waals surface area contributed by atoms with Crippen LogP contribution in [0.25, 0.3) is 0 Å². The number of hydrogen-bond donors (Lipinski definition) is 2. The van der Waals surface area contributed by atoms with Crippen LogP contribution in [-0.4, -0.2) is 28.3 Å². The van der Waals surface area contributed by atoms with Crippen LogP contribution < -0.4 is 10.6 Å². The Labute approximate surface area is 95.2 Å². The van der Waals surface area contributed by atoms with Crippen LogP contribution >= 0.6 is 0 Å². The fraction of sp³-hybridized carbons (Fsp3) is 0.636. The molecule has 1 aromatic heterocycles. The Morgan fingerprint density at radius 3 is 3.12 bits per heavy atom. The minimum atomic E-state index is -0.00280. The fourth-order valence-corrected chi connectivity index (χ4v) is 2.04. The minimum absolute atomic E-state index is 0.00280. The zero-order chi connectivity index (χ0) is 11.5. The molecule has 5 heteroatoms. The molecule has 1 aliphatic rings. The monoisotopic (exact) mass is 222 g/mol. The summed E-state index contributed by atoms with van der Waals surface area (Å²) in [4.78, 5) is 11.7. The quantitative estimate of drug-likeness (QED) is 0.762. The first-order chi connectivity index (χ1) is 7.66. The maximum atomic E-state index is 11.7. The zero-order valence-corrected chi connectivity index (χ0v) is 9.79. The van der Waals surface area contributed by atoms with Gasteiger partial charge in [-0.1, -0.05) is 0 Å². The van der Waals surface area contributed by atoms with Gasteiger partial charge in [-0.15, -0.1) is 0 Å². The van der Waals surface area contributed by atoms with Gasteiger partial charge >= 0.3 is 0 Å². The van der Waals surface area contributed by atoms with Crippen molar-refractivity contribution in [3.05, 3.63) is 17.5 Å². The van der Waals surface area contributed by atoms with E-state index in [0.29, 0.717) is 6.54 Å². The molecule has 0 bridgehead atoms. The minimum Gasteiger partial charge on any atom is -0.351 e. The third-order valence-electron chi connectivity index (χ3n) is 2.94. The van der Waals surface area contributed by atoms with Crippen LogP contribution in [0, 0.1) is 6.92 Å². The molecule has 0 unspecified atom stereocenters. The maximum Gasteiger partial charge on any atom is 0.237 e. The summed E-state index contributed by atoms with van der Waals surface area (Å²) in [6.45, 7) is 3.47. The average Bonchev–Trinajstić information content (AvgIpc) is 2.84. The van der Waals surface area contributed by atoms with Crippen molar-refractivity contribution in [3.8, 4) is 0 Å². The number of hydrogen-bond acceptors (Lipinski definition) is 3. The highest BCUT2D eigenvalue weighted by atomic mass is 16.2. The molecule has 5 nitrogen and oxygen atoms in total. The van der Waals surface area contributed by atoms with E-state index in [0.717, 1.165) is 30.6 Å². The molecule has 1 atom stereocenters. The van der Waals surface area contributed by atoms with Crippen LogP contribution in [0.3, 0.4) is 0 Å². The normalized spacial score (nSPS) is 20.0. The molecule has 0 aromatic carbocycles. The lowest BCUT2D eigenvalue weighted by atomic mass is 10.2. The Kier molecular flexibility index (Phi) is 3.24. The summed E-state index contributed by atoms with van der Waals surface area (Å²) in [6.07, 6.45) is 3.97. The number of rotatable bonds is 3. The van der Waals surface area contributed by atoms with Crippen molar-refractivity contribution in [1.29, 1.82) is 0 Å². The molecule has 0 radical (unpaired) electrons. The van der Waals surface area contributed by atoms with E-state index in [2.05, 4.69) is 15.7 Å². The second-order valence-corrected chi connectivity index (χ2v) is 4.28. The van der Waals surface area contributed by atoms with Crippen LogP contribution in [0.4, 0.5) is 0 Å². The van der Waals surface area contributed by atoms with E-state index in [1.165, 1.54) is 0 Å². The van der Waals surface area contributed by atoms with Gasteiger partial charge in [-0.25, -0.2) is 0 Å². The maximum absolute atomic E-state index is 11.7. The molecule has 1 fully saturated rings. The van der Waals surface area contributed by atoms with Crippen LogP contribution in [0.5, 0.6) is 0 Å². The molecule has 16 heavy (non-hydrogen) atoms. The SMILES string of the molecule is Cc1nn(C)cc1CNC(=O)[C@H]1CCCN1. The van der Waals surface area contributed by atoms with Crippen LogP contribution in [0.2, 0.25) is 0 Å². The van der Waals surface area contributed by atoms with Crippen LogP contribution in [-0.2, 0) is 18.4 Å². The summed E-state index contributed by atoms with van der Waals surface area (Å²) in [5.74, 6) is 0.0979. The van der Waals surface area contributed by atoms with Gasteiger partial charge in [0, 0.05) is 25.4 Å². The van der Waals surface area contributed by atoms with E-state index in [1.807, 2.05) is 20.2 Å².